The predicted octanol–water partition coefficient (Wildman–Crippen LogP) is 2.50. The lowest BCUT2D eigenvalue weighted by Gasteiger charge is -2.33. The maximum Gasteiger partial charge on any atom is 0.124 e. The van der Waals surface area contributed by atoms with Gasteiger partial charge in [0.25, 0.3) is 0 Å². The van der Waals surface area contributed by atoms with E-state index in [0.717, 1.165) is 32.1 Å². The highest BCUT2D eigenvalue weighted by Crippen LogP contribution is 2.30. The molecule has 0 spiro atoms. The lowest BCUT2D eigenvalue weighted by Crippen LogP contribution is -2.50. The van der Waals surface area contributed by atoms with Crippen LogP contribution in [0.15, 0.2) is 36.9 Å². The van der Waals surface area contributed by atoms with Crippen LogP contribution < -0.4 is 15.4 Å². The molecule has 0 radical (unpaired) electrons. The molecule has 1 saturated heterocycles. The number of morpholine rings is 1. The van der Waals surface area contributed by atoms with Crippen molar-refractivity contribution in [3.8, 4) is 5.75 Å². The van der Waals surface area contributed by atoms with E-state index in [9.17, 15) is 0 Å². The van der Waals surface area contributed by atoms with Gasteiger partial charge in [-0.2, -0.15) is 0 Å². The Hall–Kier alpha value is -1.36. The second-order valence-electron chi connectivity index (χ2n) is 6.43. The zero-order valence-corrected chi connectivity index (χ0v) is 13.8. The molecule has 126 valence electrons. The van der Waals surface area contributed by atoms with Crippen molar-refractivity contribution in [3.05, 3.63) is 42.5 Å². The molecule has 1 aromatic rings. The summed E-state index contributed by atoms with van der Waals surface area (Å²) in [5.41, 5.74) is 1.22. The summed E-state index contributed by atoms with van der Waals surface area (Å²) in [5, 5.41) is 7.39. The second kappa shape index (κ2) is 8.48. The van der Waals surface area contributed by atoms with E-state index in [1.807, 2.05) is 12.1 Å². The van der Waals surface area contributed by atoms with E-state index < -0.39 is 0 Å². The fourth-order valence-corrected chi connectivity index (χ4v) is 3.76. The third kappa shape index (κ3) is 4.34. The SMILES string of the molecule is C=CCOc1ccccc1CNC1CCCC1C1COCCN1. The van der Waals surface area contributed by atoms with E-state index in [1.165, 1.54) is 24.8 Å². The van der Waals surface area contributed by atoms with E-state index in [1.54, 1.807) is 6.08 Å². The molecule has 1 heterocycles. The van der Waals surface area contributed by atoms with Crippen molar-refractivity contribution in [2.45, 2.75) is 37.9 Å². The number of hydrogen-bond acceptors (Lipinski definition) is 4. The van der Waals surface area contributed by atoms with E-state index >= 15 is 0 Å². The molecule has 1 aliphatic carbocycles. The molecule has 3 atom stereocenters. The Morgan fingerprint density at radius 2 is 2.26 bits per heavy atom. The highest BCUT2D eigenvalue weighted by molar-refractivity contribution is 5.33. The molecule has 0 aromatic heterocycles. The zero-order valence-electron chi connectivity index (χ0n) is 13.8. The summed E-state index contributed by atoms with van der Waals surface area (Å²) in [4.78, 5) is 0. The Balaban J connectivity index is 1.57. The van der Waals surface area contributed by atoms with Crippen LogP contribution in [0, 0.1) is 5.92 Å². The van der Waals surface area contributed by atoms with Crippen LogP contribution >= 0.6 is 0 Å². The van der Waals surface area contributed by atoms with Gasteiger partial charge in [-0.3, -0.25) is 0 Å². The van der Waals surface area contributed by atoms with Gasteiger partial charge in [-0.25, -0.2) is 0 Å². The summed E-state index contributed by atoms with van der Waals surface area (Å²) in [6.07, 6.45) is 5.62. The van der Waals surface area contributed by atoms with E-state index in [0.29, 0.717) is 24.6 Å². The molecule has 2 aliphatic rings. The summed E-state index contributed by atoms with van der Waals surface area (Å²) >= 11 is 0. The molecule has 2 fully saturated rings. The first kappa shape index (κ1) is 16.5. The summed E-state index contributed by atoms with van der Waals surface area (Å²) in [6.45, 7) is 7.78. The minimum Gasteiger partial charge on any atom is -0.489 e. The Kier molecular flexibility index (Phi) is 6.08. The van der Waals surface area contributed by atoms with Crippen molar-refractivity contribution >= 4 is 0 Å². The van der Waals surface area contributed by atoms with Crippen molar-refractivity contribution in [1.29, 1.82) is 0 Å². The average Bonchev–Trinajstić information content (AvgIpc) is 3.08. The largest absolute Gasteiger partial charge is 0.489 e. The molecule has 4 nitrogen and oxygen atoms in total. The van der Waals surface area contributed by atoms with E-state index in [-0.39, 0.29) is 0 Å². The molecule has 4 heteroatoms. The first-order chi connectivity index (χ1) is 11.4. The van der Waals surface area contributed by atoms with Crippen molar-refractivity contribution < 1.29 is 9.47 Å². The lowest BCUT2D eigenvalue weighted by atomic mass is 9.94. The number of rotatable bonds is 7. The Morgan fingerprint density at radius 3 is 3.09 bits per heavy atom. The standard InChI is InChI=1S/C19H28N2O2/c1-2-11-23-19-9-4-3-6-15(19)13-21-17-8-5-7-16(17)18-14-22-12-10-20-18/h2-4,6,9,16-18,20-21H,1,5,7-8,10-14H2. The zero-order chi connectivity index (χ0) is 15.9. The van der Waals surface area contributed by atoms with Crippen LogP contribution in [-0.2, 0) is 11.3 Å². The van der Waals surface area contributed by atoms with Crippen molar-refractivity contribution in [2.75, 3.05) is 26.4 Å². The predicted molar refractivity (Wildman–Crippen MR) is 92.7 cm³/mol. The maximum absolute atomic E-state index is 5.75. The molecule has 2 N–H and O–H groups in total. The van der Waals surface area contributed by atoms with E-state index in [2.05, 4.69) is 29.3 Å². The van der Waals surface area contributed by atoms with Crippen molar-refractivity contribution in [1.82, 2.24) is 10.6 Å². The van der Waals surface area contributed by atoms with Gasteiger partial charge in [0.05, 0.1) is 13.2 Å². The topological polar surface area (TPSA) is 42.5 Å². The summed E-state index contributed by atoms with van der Waals surface area (Å²) in [7, 11) is 0. The van der Waals surface area contributed by atoms with Gasteiger partial charge in [0.1, 0.15) is 12.4 Å². The van der Waals surface area contributed by atoms with Gasteiger partial charge in [-0.15, -0.1) is 0 Å². The number of para-hydroxylation sites is 1. The van der Waals surface area contributed by atoms with Crippen LogP contribution in [0.5, 0.6) is 5.75 Å². The summed E-state index contributed by atoms with van der Waals surface area (Å²) < 4.78 is 11.4. The van der Waals surface area contributed by atoms with Crippen LogP contribution in [-0.4, -0.2) is 38.4 Å². The Labute approximate surface area is 139 Å². The third-order valence-electron chi connectivity index (χ3n) is 4.92. The van der Waals surface area contributed by atoms with Crippen molar-refractivity contribution in [2.24, 2.45) is 5.92 Å². The van der Waals surface area contributed by atoms with Crippen LogP contribution in [0.25, 0.3) is 0 Å². The molecule has 3 unspecified atom stereocenters. The van der Waals surface area contributed by atoms with Gasteiger partial charge in [0.2, 0.25) is 0 Å². The van der Waals surface area contributed by atoms with Crippen molar-refractivity contribution in [3.63, 3.8) is 0 Å². The minimum absolute atomic E-state index is 0.496. The average molecular weight is 316 g/mol. The van der Waals surface area contributed by atoms with Crippen LogP contribution in [0.3, 0.4) is 0 Å². The number of ether oxygens (including phenoxy) is 2. The molecule has 3 rings (SSSR count). The molecular formula is C19H28N2O2. The quantitative estimate of drug-likeness (QED) is 0.759. The Morgan fingerprint density at radius 1 is 1.35 bits per heavy atom. The molecule has 1 aromatic carbocycles. The highest BCUT2D eigenvalue weighted by atomic mass is 16.5. The Bertz CT molecular complexity index is 500. The van der Waals surface area contributed by atoms with Gasteiger partial charge in [-0.05, 0) is 24.8 Å². The first-order valence-corrected chi connectivity index (χ1v) is 8.74. The lowest BCUT2D eigenvalue weighted by molar-refractivity contribution is 0.0524. The molecule has 0 bridgehead atoms. The van der Waals surface area contributed by atoms with Gasteiger partial charge in [0.15, 0.2) is 0 Å². The van der Waals surface area contributed by atoms with Crippen LogP contribution in [0.1, 0.15) is 24.8 Å². The molecule has 1 saturated carbocycles. The second-order valence-corrected chi connectivity index (χ2v) is 6.43. The monoisotopic (exact) mass is 316 g/mol. The normalized spacial score (nSPS) is 27.7. The number of hydrogen-bond donors (Lipinski definition) is 2. The highest BCUT2D eigenvalue weighted by Gasteiger charge is 2.34. The fraction of sp³-hybridized carbons (Fsp3) is 0.579. The number of benzene rings is 1. The van der Waals surface area contributed by atoms with Crippen LogP contribution in [0.4, 0.5) is 0 Å². The smallest absolute Gasteiger partial charge is 0.124 e. The van der Waals surface area contributed by atoms with E-state index in [4.69, 9.17) is 9.47 Å². The summed E-state index contributed by atoms with van der Waals surface area (Å²) in [5.74, 6) is 1.62. The van der Waals surface area contributed by atoms with Gasteiger partial charge in [0, 0.05) is 30.7 Å². The molecular weight excluding hydrogens is 288 g/mol. The third-order valence-corrected chi connectivity index (χ3v) is 4.92. The number of nitrogens with one attached hydrogen (secondary N) is 2. The van der Waals surface area contributed by atoms with Gasteiger partial charge < -0.3 is 20.1 Å². The maximum atomic E-state index is 5.75. The fourth-order valence-electron chi connectivity index (χ4n) is 3.76. The van der Waals surface area contributed by atoms with Crippen LogP contribution in [0.2, 0.25) is 0 Å². The first-order valence-electron chi connectivity index (χ1n) is 8.74. The van der Waals surface area contributed by atoms with Gasteiger partial charge >= 0.3 is 0 Å². The summed E-state index contributed by atoms with van der Waals surface area (Å²) in [6, 6.07) is 9.31. The molecule has 23 heavy (non-hydrogen) atoms. The van der Waals surface area contributed by atoms with Gasteiger partial charge in [-0.1, -0.05) is 37.3 Å². The minimum atomic E-state index is 0.496. The molecule has 1 aliphatic heterocycles. The molecule has 0 amide bonds.